The highest BCUT2D eigenvalue weighted by Gasteiger charge is 2.14. The van der Waals surface area contributed by atoms with E-state index in [2.05, 4.69) is 10.3 Å². The average Bonchev–Trinajstić information content (AvgIpc) is 2.85. The first-order chi connectivity index (χ1) is 10.1. The summed E-state index contributed by atoms with van der Waals surface area (Å²) in [6, 6.07) is 7.15. The zero-order valence-electron chi connectivity index (χ0n) is 12.0. The standard InChI is InChI=1S/C15H17ClN2O2S/c1-3-8-17-15(19)14-10(2)18-13(21-14)9-20-12-6-4-11(16)5-7-12/h4-7H,3,8-9H2,1-2H3,(H,17,19). The third-order valence-corrected chi connectivity index (χ3v) is 4.14. The van der Waals surface area contributed by atoms with Crippen LogP contribution in [0, 0.1) is 6.92 Å². The summed E-state index contributed by atoms with van der Waals surface area (Å²) in [5, 5.41) is 4.31. The number of rotatable bonds is 6. The molecule has 0 saturated heterocycles. The van der Waals surface area contributed by atoms with Crippen LogP contribution in [-0.2, 0) is 6.61 Å². The van der Waals surface area contributed by atoms with Gasteiger partial charge < -0.3 is 10.1 Å². The second-order valence-corrected chi connectivity index (χ2v) is 6.04. The van der Waals surface area contributed by atoms with Crippen LogP contribution >= 0.6 is 22.9 Å². The maximum Gasteiger partial charge on any atom is 0.263 e. The SMILES string of the molecule is CCCNC(=O)c1sc(COc2ccc(Cl)cc2)nc1C. The van der Waals surface area contributed by atoms with Gasteiger partial charge in [-0.1, -0.05) is 18.5 Å². The summed E-state index contributed by atoms with van der Waals surface area (Å²) in [4.78, 5) is 17.0. The molecule has 112 valence electrons. The number of thiazole rings is 1. The molecule has 1 aromatic heterocycles. The molecule has 2 rings (SSSR count). The Balaban J connectivity index is 1.98. The van der Waals surface area contributed by atoms with Gasteiger partial charge in [0.15, 0.2) is 0 Å². The van der Waals surface area contributed by atoms with Crippen LogP contribution in [0.5, 0.6) is 5.75 Å². The fraction of sp³-hybridized carbons (Fsp3) is 0.333. The van der Waals surface area contributed by atoms with Gasteiger partial charge in [-0.2, -0.15) is 0 Å². The van der Waals surface area contributed by atoms with E-state index in [1.54, 1.807) is 24.3 Å². The molecule has 0 aliphatic heterocycles. The Bertz CT molecular complexity index is 611. The Morgan fingerprint density at radius 1 is 1.38 bits per heavy atom. The first kappa shape index (κ1) is 15.8. The molecule has 2 aromatic rings. The number of ether oxygens (including phenoxy) is 1. The highest BCUT2D eigenvalue weighted by Crippen LogP contribution is 2.21. The van der Waals surface area contributed by atoms with Crippen LogP contribution in [0.15, 0.2) is 24.3 Å². The second kappa shape index (κ2) is 7.43. The zero-order valence-corrected chi connectivity index (χ0v) is 13.6. The monoisotopic (exact) mass is 324 g/mol. The van der Waals surface area contributed by atoms with Gasteiger partial charge in [0.25, 0.3) is 5.91 Å². The maximum absolute atomic E-state index is 12.0. The van der Waals surface area contributed by atoms with Gasteiger partial charge in [0, 0.05) is 11.6 Å². The number of carbonyl (C=O) groups excluding carboxylic acids is 1. The van der Waals surface area contributed by atoms with Gasteiger partial charge >= 0.3 is 0 Å². The van der Waals surface area contributed by atoms with Crippen LogP contribution in [0.3, 0.4) is 0 Å². The predicted octanol–water partition coefficient (Wildman–Crippen LogP) is 3.82. The molecule has 0 aliphatic rings. The van der Waals surface area contributed by atoms with Crippen LogP contribution in [-0.4, -0.2) is 17.4 Å². The van der Waals surface area contributed by atoms with Crippen molar-refractivity contribution in [2.24, 2.45) is 0 Å². The van der Waals surface area contributed by atoms with Crippen molar-refractivity contribution in [1.82, 2.24) is 10.3 Å². The van der Waals surface area contributed by atoms with E-state index in [1.165, 1.54) is 11.3 Å². The number of halogens is 1. The lowest BCUT2D eigenvalue weighted by Crippen LogP contribution is -2.23. The van der Waals surface area contributed by atoms with Gasteiger partial charge in [0.1, 0.15) is 22.2 Å². The first-order valence-corrected chi connectivity index (χ1v) is 7.92. The molecule has 21 heavy (non-hydrogen) atoms. The van der Waals surface area contributed by atoms with Gasteiger partial charge in [-0.05, 0) is 37.6 Å². The molecule has 0 saturated carbocycles. The Hall–Kier alpha value is -1.59. The lowest BCUT2D eigenvalue weighted by molar-refractivity contribution is 0.0957. The minimum atomic E-state index is -0.0652. The topological polar surface area (TPSA) is 51.2 Å². The fourth-order valence-electron chi connectivity index (χ4n) is 1.72. The van der Waals surface area contributed by atoms with Crippen LogP contribution in [0.4, 0.5) is 0 Å². The van der Waals surface area contributed by atoms with E-state index in [0.717, 1.165) is 22.9 Å². The number of amides is 1. The van der Waals surface area contributed by atoms with Crippen LogP contribution in [0.25, 0.3) is 0 Å². The Labute approximate surface area is 133 Å². The predicted molar refractivity (Wildman–Crippen MR) is 85.3 cm³/mol. The summed E-state index contributed by atoms with van der Waals surface area (Å²) < 4.78 is 5.63. The molecule has 0 aliphatic carbocycles. The highest BCUT2D eigenvalue weighted by atomic mass is 35.5. The molecule has 1 aromatic carbocycles. The molecule has 1 heterocycles. The van der Waals surface area contributed by atoms with Gasteiger partial charge in [0.05, 0.1) is 5.69 Å². The molecule has 0 radical (unpaired) electrons. The molecule has 1 amide bonds. The second-order valence-electron chi connectivity index (χ2n) is 4.52. The lowest BCUT2D eigenvalue weighted by atomic mass is 10.3. The van der Waals surface area contributed by atoms with Crippen molar-refractivity contribution in [3.8, 4) is 5.75 Å². The summed E-state index contributed by atoms with van der Waals surface area (Å²) in [5.74, 6) is 0.661. The normalized spacial score (nSPS) is 10.4. The van der Waals surface area contributed by atoms with Crippen LogP contribution in [0.2, 0.25) is 5.02 Å². The molecule has 0 bridgehead atoms. The summed E-state index contributed by atoms with van der Waals surface area (Å²) in [5.41, 5.74) is 0.739. The molecule has 4 nitrogen and oxygen atoms in total. The quantitative estimate of drug-likeness (QED) is 0.878. The largest absolute Gasteiger partial charge is 0.486 e. The minimum Gasteiger partial charge on any atom is -0.486 e. The van der Waals surface area contributed by atoms with Crippen molar-refractivity contribution in [3.05, 3.63) is 44.9 Å². The van der Waals surface area contributed by atoms with E-state index >= 15 is 0 Å². The maximum atomic E-state index is 12.0. The van der Waals surface area contributed by atoms with Crippen molar-refractivity contribution in [2.75, 3.05) is 6.54 Å². The fourth-order valence-corrected chi connectivity index (χ4v) is 2.74. The summed E-state index contributed by atoms with van der Waals surface area (Å²) >= 11 is 7.19. The van der Waals surface area contributed by atoms with Crippen LogP contribution < -0.4 is 10.1 Å². The van der Waals surface area contributed by atoms with E-state index in [4.69, 9.17) is 16.3 Å². The minimum absolute atomic E-state index is 0.0652. The molecule has 0 fully saturated rings. The van der Waals surface area contributed by atoms with E-state index in [0.29, 0.717) is 23.1 Å². The molecular formula is C15H17ClN2O2S. The Morgan fingerprint density at radius 3 is 2.76 bits per heavy atom. The van der Waals surface area contributed by atoms with Crippen molar-refractivity contribution in [2.45, 2.75) is 26.9 Å². The average molecular weight is 325 g/mol. The van der Waals surface area contributed by atoms with E-state index in [9.17, 15) is 4.79 Å². The van der Waals surface area contributed by atoms with E-state index in [-0.39, 0.29) is 5.91 Å². The van der Waals surface area contributed by atoms with Crippen molar-refractivity contribution in [1.29, 1.82) is 0 Å². The van der Waals surface area contributed by atoms with Crippen molar-refractivity contribution >= 4 is 28.8 Å². The Morgan fingerprint density at radius 2 is 2.10 bits per heavy atom. The number of nitrogens with one attached hydrogen (secondary N) is 1. The molecule has 6 heteroatoms. The lowest BCUT2D eigenvalue weighted by Gasteiger charge is -2.03. The highest BCUT2D eigenvalue weighted by molar-refractivity contribution is 7.13. The van der Waals surface area contributed by atoms with Gasteiger partial charge in [-0.25, -0.2) is 4.98 Å². The number of benzene rings is 1. The van der Waals surface area contributed by atoms with Gasteiger partial charge in [0.2, 0.25) is 0 Å². The third kappa shape index (κ3) is 4.44. The molecule has 0 atom stereocenters. The Kier molecular flexibility index (Phi) is 5.59. The van der Waals surface area contributed by atoms with Crippen LogP contribution in [0.1, 0.15) is 33.7 Å². The first-order valence-electron chi connectivity index (χ1n) is 6.73. The molecular weight excluding hydrogens is 308 g/mol. The van der Waals surface area contributed by atoms with Crippen molar-refractivity contribution in [3.63, 3.8) is 0 Å². The number of aromatic nitrogens is 1. The summed E-state index contributed by atoms with van der Waals surface area (Å²) in [6.45, 7) is 4.87. The summed E-state index contributed by atoms with van der Waals surface area (Å²) in [7, 11) is 0. The number of hydrogen-bond donors (Lipinski definition) is 1. The number of hydrogen-bond acceptors (Lipinski definition) is 4. The summed E-state index contributed by atoms with van der Waals surface area (Å²) in [6.07, 6.45) is 0.913. The molecule has 0 unspecified atom stereocenters. The third-order valence-electron chi connectivity index (χ3n) is 2.76. The van der Waals surface area contributed by atoms with Gasteiger partial charge in [-0.15, -0.1) is 11.3 Å². The number of nitrogens with zero attached hydrogens (tertiary/aromatic N) is 1. The number of aryl methyl sites for hydroxylation is 1. The van der Waals surface area contributed by atoms with Gasteiger partial charge in [-0.3, -0.25) is 4.79 Å². The molecule has 1 N–H and O–H groups in total. The number of carbonyl (C=O) groups is 1. The van der Waals surface area contributed by atoms with E-state index in [1.807, 2.05) is 13.8 Å². The molecule has 0 spiro atoms. The zero-order chi connectivity index (χ0) is 15.2. The van der Waals surface area contributed by atoms with Crippen molar-refractivity contribution < 1.29 is 9.53 Å². The van der Waals surface area contributed by atoms with E-state index < -0.39 is 0 Å². The smallest absolute Gasteiger partial charge is 0.263 e.